The number of hydrogen-bond acceptors (Lipinski definition) is 0. The lowest BCUT2D eigenvalue weighted by atomic mass is 9.55. The van der Waals surface area contributed by atoms with E-state index in [1.807, 2.05) is 0 Å². The second-order valence-electron chi connectivity index (χ2n) is 21.9. The molecular weight excluding hydrogens is 853 g/mol. The molecule has 0 spiro atoms. The van der Waals surface area contributed by atoms with E-state index in [1.54, 1.807) is 22.3 Å². The molecule has 8 atom stereocenters. The molecule has 0 amide bonds. The highest BCUT2D eigenvalue weighted by Crippen LogP contribution is 2.61. The molecule has 342 valence electrons. The molecule has 0 radical (unpaired) electrons. The number of allylic oxidation sites excluding steroid dienone is 35. The summed E-state index contributed by atoms with van der Waals surface area (Å²) in [6, 6.07) is 16.5. The minimum absolute atomic E-state index is 0.190. The summed E-state index contributed by atoms with van der Waals surface area (Å²) in [5.74, 6) is 2.14. The molecule has 71 heavy (non-hydrogen) atoms. The maximum atomic E-state index is 2.75. The van der Waals surface area contributed by atoms with Crippen LogP contribution in [0, 0.1) is 35.5 Å². The summed E-state index contributed by atoms with van der Waals surface area (Å²) in [5.41, 5.74) is 24.8. The van der Waals surface area contributed by atoms with E-state index in [2.05, 4.69) is 221 Å². The molecule has 0 saturated heterocycles. The highest BCUT2D eigenvalue weighted by atomic mass is 14.5. The van der Waals surface area contributed by atoms with Crippen LogP contribution in [0.2, 0.25) is 0 Å². The Kier molecular flexibility index (Phi) is 9.27. The number of fused-ring (bicyclic) bond motifs is 7. The maximum absolute atomic E-state index is 2.75. The standard InChI is InChI=1S/C71H58/c1-4-13-54-52-34-45-20-10-19-43-18-9-17-42-15-7-6-8-16-44(27-29-53(42)43)60-33-41(3)66(62-36-46(45)28-30-58(60)62)59-32-31-56-48-26-25-47-38-65-61(57(14-5-2)63(37-48)69(54)70(56)64(59)40-52)39-51-22-11-21-49-35-50-23-12-24-55(47)68(50)71(65)67(49)51/h4-6,8-26,28-33,35-38,40,49,57-58,61-62,64,67,70H,7,27,34,39H2,1-3H3. The Morgan fingerprint density at radius 1 is 0.634 bits per heavy atom. The van der Waals surface area contributed by atoms with Crippen molar-refractivity contribution in [2.45, 2.75) is 58.3 Å². The zero-order chi connectivity index (χ0) is 47.1. The van der Waals surface area contributed by atoms with Gasteiger partial charge in [-0.25, -0.2) is 0 Å². The van der Waals surface area contributed by atoms with Gasteiger partial charge in [-0.05, 0) is 173 Å². The van der Waals surface area contributed by atoms with E-state index in [1.165, 1.54) is 104 Å². The fourth-order valence-corrected chi connectivity index (χ4v) is 15.5. The molecule has 0 heterocycles. The van der Waals surface area contributed by atoms with Gasteiger partial charge in [0.15, 0.2) is 0 Å². The average Bonchev–Trinajstić information content (AvgIpc) is 3.39. The Morgan fingerprint density at radius 3 is 2.46 bits per heavy atom. The third-order valence-corrected chi connectivity index (χ3v) is 18.3. The zero-order valence-corrected chi connectivity index (χ0v) is 41.0. The van der Waals surface area contributed by atoms with Crippen LogP contribution in [-0.2, 0) is 0 Å². The van der Waals surface area contributed by atoms with E-state index in [9.17, 15) is 0 Å². The molecule has 0 heteroatoms. The monoisotopic (exact) mass is 910 g/mol. The van der Waals surface area contributed by atoms with E-state index in [-0.39, 0.29) is 29.6 Å². The van der Waals surface area contributed by atoms with Gasteiger partial charge in [0.2, 0.25) is 0 Å². The lowest BCUT2D eigenvalue weighted by Gasteiger charge is -2.49. The molecule has 0 fully saturated rings. The minimum atomic E-state index is 0.190. The molecule has 3 aromatic carbocycles. The van der Waals surface area contributed by atoms with Crippen molar-refractivity contribution in [1.29, 1.82) is 0 Å². The molecule has 0 saturated carbocycles. The second-order valence-corrected chi connectivity index (χ2v) is 21.9. The summed E-state index contributed by atoms with van der Waals surface area (Å²) in [5, 5.41) is 8.28. The fourth-order valence-electron chi connectivity index (χ4n) is 15.5. The molecule has 13 bridgehead atoms. The molecule has 16 rings (SSSR count). The summed E-state index contributed by atoms with van der Waals surface area (Å²) in [7, 11) is 0. The largest absolute Gasteiger partial charge is 0.0910 e. The first kappa shape index (κ1) is 41.5. The van der Waals surface area contributed by atoms with Crippen molar-refractivity contribution in [3.05, 3.63) is 286 Å². The summed E-state index contributed by atoms with van der Waals surface area (Å²) < 4.78 is 0. The maximum Gasteiger partial charge on any atom is 0.0208 e. The summed E-state index contributed by atoms with van der Waals surface area (Å²) in [6.07, 6.45) is 68.3. The van der Waals surface area contributed by atoms with Crippen molar-refractivity contribution in [3.63, 3.8) is 0 Å². The van der Waals surface area contributed by atoms with Crippen LogP contribution in [0.3, 0.4) is 0 Å². The van der Waals surface area contributed by atoms with Crippen LogP contribution >= 0.6 is 0 Å². The summed E-state index contributed by atoms with van der Waals surface area (Å²) in [6.45, 7) is 6.91. The van der Waals surface area contributed by atoms with E-state index >= 15 is 0 Å². The highest BCUT2D eigenvalue weighted by Gasteiger charge is 2.49. The first-order chi connectivity index (χ1) is 35.0. The Bertz CT molecular complexity index is 3910. The molecule has 3 aromatic rings. The summed E-state index contributed by atoms with van der Waals surface area (Å²) >= 11 is 0. The van der Waals surface area contributed by atoms with Gasteiger partial charge in [0.05, 0.1) is 0 Å². The van der Waals surface area contributed by atoms with Gasteiger partial charge in [-0.15, -0.1) is 0 Å². The van der Waals surface area contributed by atoms with Gasteiger partial charge in [-0.2, -0.15) is 0 Å². The topological polar surface area (TPSA) is 0 Å². The van der Waals surface area contributed by atoms with Crippen LogP contribution in [0.4, 0.5) is 0 Å². The van der Waals surface area contributed by atoms with E-state index in [4.69, 9.17) is 0 Å². The molecule has 0 N–H and O–H groups in total. The fraction of sp³-hybridized carbons (Fsp3) is 0.211. The third-order valence-electron chi connectivity index (χ3n) is 18.3. The normalized spacial score (nSPS) is 29.7. The number of hydrogen-bond donors (Lipinski definition) is 0. The van der Waals surface area contributed by atoms with Crippen LogP contribution < -0.4 is 20.9 Å². The number of benzene rings is 3. The Morgan fingerprint density at radius 2 is 1.54 bits per heavy atom. The van der Waals surface area contributed by atoms with E-state index in [0.29, 0.717) is 17.8 Å². The van der Waals surface area contributed by atoms with Crippen LogP contribution in [0.5, 0.6) is 0 Å². The van der Waals surface area contributed by atoms with Crippen LogP contribution in [-0.4, -0.2) is 0 Å². The van der Waals surface area contributed by atoms with Gasteiger partial charge in [0.1, 0.15) is 0 Å². The van der Waals surface area contributed by atoms with Gasteiger partial charge >= 0.3 is 0 Å². The molecule has 13 aliphatic rings. The van der Waals surface area contributed by atoms with Crippen molar-refractivity contribution in [2.75, 3.05) is 0 Å². The van der Waals surface area contributed by atoms with Crippen LogP contribution in [0.25, 0.3) is 41.2 Å². The Balaban J connectivity index is 1.02. The first-order valence-corrected chi connectivity index (χ1v) is 26.6. The second kappa shape index (κ2) is 15.9. The average molecular weight is 911 g/mol. The predicted octanol–water partition coefficient (Wildman–Crippen LogP) is 14.0. The molecule has 13 aliphatic carbocycles. The molecule has 0 aliphatic heterocycles. The van der Waals surface area contributed by atoms with Gasteiger partial charge in [-0.3, -0.25) is 0 Å². The van der Waals surface area contributed by atoms with Gasteiger partial charge in [-0.1, -0.05) is 206 Å². The van der Waals surface area contributed by atoms with Crippen molar-refractivity contribution in [1.82, 2.24) is 0 Å². The molecule has 0 aromatic heterocycles. The highest BCUT2D eigenvalue weighted by molar-refractivity contribution is 5.93. The van der Waals surface area contributed by atoms with Crippen molar-refractivity contribution in [2.24, 2.45) is 35.5 Å². The smallest absolute Gasteiger partial charge is 0.0208 e. The lowest BCUT2D eigenvalue weighted by Crippen LogP contribution is -2.37. The molecular formula is C71H58. The minimum Gasteiger partial charge on any atom is -0.0910 e. The lowest BCUT2D eigenvalue weighted by molar-refractivity contribution is 0.473. The van der Waals surface area contributed by atoms with Crippen LogP contribution in [0.15, 0.2) is 248 Å². The van der Waals surface area contributed by atoms with Gasteiger partial charge in [0, 0.05) is 41.4 Å². The molecule has 8 unspecified atom stereocenters. The van der Waals surface area contributed by atoms with Crippen LogP contribution in [0.1, 0.15) is 75.0 Å². The SMILES string of the molecule is CC=CC1=C2C3=CC(=CC=c4cc5c6c7c(cccc47)=CC4C=CC=C(CC5C3C=CC)C64)C3=CC=C4C5=C(C)C=C6C7=CC=CCC=c8cccc(c8=CC7)C=CC=C(CC1=CC4C32)C1=CC5C6C=C1. The predicted molar refractivity (Wildman–Crippen MR) is 298 cm³/mol. The van der Waals surface area contributed by atoms with Crippen molar-refractivity contribution in [3.8, 4) is 0 Å². The summed E-state index contributed by atoms with van der Waals surface area (Å²) in [4.78, 5) is 0. The Hall–Kier alpha value is -7.28. The first-order valence-electron chi connectivity index (χ1n) is 26.6. The number of rotatable bonds is 2. The van der Waals surface area contributed by atoms with Crippen molar-refractivity contribution >= 4 is 41.2 Å². The van der Waals surface area contributed by atoms with Crippen molar-refractivity contribution < 1.29 is 0 Å². The molecule has 0 nitrogen and oxygen atoms in total. The van der Waals surface area contributed by atoms with Gasteiger partial charge < -0.3 is 0 Å². The van der Waals surface area contributed by atoms with E-state index in [0.717, 1.165) is 25.7 Å². The quantitative estimate of drug-likeness (QED) is 0.225. The third kappa shape index (κ3) is 6.10. The Labute approximate surface area is 418 Å². The zero-order valence-electron chi connectivity index (χ0n) is 41.0. The van der Waals surface area contributed by atoms with E-state index < -0.39 is 0 Å². The van der Waals surface area contributed by atoms with Gasteiger partial charge in [0.25, 0.3) is 0 Å².